The third-order valence-electron chi connectivity index (χ3n) is 10.4. The fourth-order valence-corrected chi connectivity index (χ4v) is 8.10. The van der Waals surface area contributed by atoms with Gasteiger partial charge in [-0.2, -0.15) is 0 Å². The van der Waals surface area contributed by atoms with E-state index in [9.17, 15) is 19.2 Å². The molecule has 0 saturated carbocycles. The number of halogens is 1. The first-order valence-corrected chi connectivity index (χ1v) is 23.8. The number of unbranched alkanes of at least 4 members (excludes halogenated alkanes) is 6. The molecule has 0 spiro atoms. The first-order valence-electron chi connectivity index (χ1n) is 19.5. The molecule has 1 amide bonds. The summed E-state index contributed by atoms with van der Waals surface area (Å²) in [5.74, 6) is 0.0860. The number of hydrogen-bond donors (Lipinski definition) is 5. The van der Waals surface area contributed by atoms with Crippen LogP contribution in [-0.2, 0) is 19.9 Å². The molecule has 5 N–H and O–H groups in total. The lowest BCUT2D eigenvalue weighted by Gasteiger charge is -2.46. The first-order chi connectivity index (χ1) is 26.1. The molecule has 0 bridgehead atoms. The molecule has 2 unspecified atom stereocenters. The topological polar surface area (TPSA) is 132 Å². The van der Waals surface area contributed by atoms with Gasteiger partial charge < -0.3 is 34.1 Å². The number of benzene rings is 3. The van der Waals surface area contributed by atoms with Crippen molar-refractivity contribution in [3.8, 4) is 22.6 Å². The summed E-state index contributed by atoms with van der Waals surface area (Å²) in [4.78, 5) is 15.3. The average molecular weight is 820 g/mol. The number of nitrogens with zero attached hydrogens (tertiary/aromatic N) is 1. The van der Waals surface area contributed by atoms with Crippen molar-refractivity contribution >= 4 is 50.4 Å². The molecule has 1 aliphatic heterocycles. The van der Waals surface area contributed by atoms with Crippen molar-refractivity contribution in [3.63, 3.8) is 0 Å². The maximum atomic E-state index is 12.8. The molecule has 0 aromatic heterocycles. The molecule has 1 aliphatic rings. The minimum Gasteiger partial charge on any atom is -0.506 e. The summed E-state index contributed by atoms with van der Waals surface area (Å²) in [7, 11) is -2.70. The Labute approximate surface area is 338 Å². The number of phenolic OH excluding ortho intramolecular Hbond substituents is 2. The molecule has 13 heteroatoms. The highest BCUT2D eigenvalue weighted by atomic mass is 35.5. The Balaban J connectivity index is 1.07. The number of rotatable bonds is 20. The van der Waals surface area contributed by atoms with Crippen LogP contribution in [0, 0.1) is 0 Å². The van der Waals surface area contributed by atoms with E-state index in [1.165, 1.54) is 38.5 Å². The van der Waals surface area contributed by atoms with Gasteiger partial charge in [-0.3, -0.25) is 5.32 Å². The second-order valence-electron chi connectivity index (χ2n) is 15.7. The molecule has 10 nitrogen and oxygen atoms in total. The third kappa shape index (κ3) is 14.5. The molecule has 0 radical (unpaired) electrons. The zero-order valence-corrected chi connectivity index (χ0v) is 35.9. The standard InChI is InChI=1S/C42H63ClN4O6S2/c1-42(2,3)55(5,6)53-40(32-19-21-39(49)37(29-32)46-54(4)51)30-44-24-14-10-8-7-9-11-15-25-47-26-22-33(23-27-47)52-41(50)45-36-17-13-12-16-34(36)31-18-20-38(48)35(43)28-31/h12-13,16-21,28-29,33,40,44,46,48-49H,7-11,14-15,22-27,30H2,1-6H3,(H,45,50). The maximum absolute atomic E-state index is 12.8. The number of carbonyl (C=O) groups is 1. The van der Waals surface area contributed by atoms with Crippen molar-refractivity contribution in [2.24, 2.45) is 0 Å². The molecule has 1 saturated heterocycles. The lowest BCUT2D eigenvalue weighted by atomic mass is 10.0. The Kier molecular flexibility index (Phi) is 17.5. The molecular formula is C42H63ClN4O6S2. The number of phenols is 2. The average Bonchev–Trinajstić information content (AvgIpc) is 3.12. The molecule has 3 aromatic rings. The van der Waals surface area contributed by atoms with Crippen LogP contribution in [0.1, 0.15) is 90.2 Å². The molecule has 1 heterocycles. The van der Waals surface area contributed by atoms with Crippen LogP contribution in [0.2, 0.25) is 5.02 Å². The number of amides is 1. The van der Waals surface area contributed by atoms with Crippen molar-refractivity contribution in [3.05, 3.63) is 71.2 Å². The van der Waals surface area contributed by atoms with Gasteiger partial charge in [0.05, 0.1) is 16.4 Å². The Morgan fingerprint density at radius 3 is 2.25 bits per heavy atom. The lowest BCUT2D eigenvalue weighted by molar-refractivity contribution is 0.0584. The molecule has 55 heavy (non-hydrogen) atoms. The summed E-state index contributed by atoms with van der Waals surface area (Å²) in [5, 5.41) is 26.8. The molecule has 4 rings (SSSR count). The molecular weight excluding hydrogens is 756 g/mol. The number of carbonyl (C=O) groups excluding carboxylic acids is 1. The fraction of sp³-hybridized carbons (Fsp3) is 0.548. The number of piperidine rings is 1. The number of hydrogen-bond acceptors (Lipinski definition) is 8. The Morgan fingerprint density at radius 2 is 1.58 bits per heavy atom. The van der Waals surface area contributed by atoms with E-state index in [2.05, 4.69) is 53.5 Å². The number of anilines is 2. The van der Waals surface area contributed by atoms with Crippen LogP contribution >= 0.6 is 21.9 Å². The predicted octanol–water partition coefficient (Wildman–Crippen LogP) is 9.99. The van der Waals surface area contributed by atoms with E-state index >= 15 is 0 Å². The van der Waals surface area contributed by atoms with Crippen LogP contribution in [0.3, 0.4) is 0 Å². The van der Waals surface area contributed by atoms with Gasteiger partial charge >= 0.3 is 6.09 Å². The van der Waals surface area contributed by atoms with Gasteiger partial charge in [-0.1, -0.05) is 94.8 Å². The molecule has 1 fully saturated rings. The summed E-state index contributed by atoms with van der Waals surface area (Å²) >= 11 is 6.12. The van der Waals surface area contributed by atoms with Crippen molar-refractivity contribution in [1.82, 2.24) is 10.2 Å². The summed E-state index contributed by atoms with van der Waals surface area (Å²) in [5.41, 5.74) is 3.62. The monoisotopic (exact) mass is 818 g/mol. The van der Waals surface area contributed by atoms with Crippen molar-refractivity contribution in [2.45, 2.75) is 95.5 Å². The SMILES string of the molecule is CS(=O)Nc1cc(C(CNCCCCCCCCCN2CCC(OC(=O)Nc3ccccc3-c3ccc(O)c(Cl)c3)CC2)OS(C)(C)C(C)(C)C)ccc1O. The smallest absolute Gasteiger partial charge is 0.411 e. The van der Waals surface area contributed by atoms with E-state index in [0.717, 1.165) is 62.1 Å². The van der Waals surface area contributed by atoms with E-state index in [1.54, 1.807) is 30.5 Å². The highest BCUT2D eigenvalue weighted by Crippen LogP contribution is 2.56. The van der Waals surface area contributed by atoms with Gasteiger partial charge in [0, 0.05) is 36.2 Å². The largest absolute Gasteiger partial charge is 0.506 e. The second kappa shape index (κ2) is 21.5. The van der Waals surface area contributed by atoms with Gasteiger partial charge in [-0.05, 0) is 92.7 Å². The number of ether oxygens (including phenoxy) is 1. The minimum absolute atomic E-state index is 0.00239. The number of para-hydroxylation sites is 1. The number of aromatic hydroxyl groups is 2. The van der Waals surface area contributed by atoms with Crippen molar-refractivity contribution in [1.29, 1.82) is 0 Å². The zero-order valence-electron chi connectivity index (χ0n) is 33.5. The van der Waals surface area contributed by atoms with Crippen molar-refractivity contribution in [2.75, 3.05) is 61.5 Å². The summed E-state index contributed by atoms with van der Waals surface area (Å²) in [6, 6.07) is 17.8. The van der Waals surface area contributed by atoms with Gasteiger partial charge in [0.1, 0.15) is 34.7 Å². The fourth-order valence-electron chi connectivity index (χ4n) is 6.39. The van der Waals surface area contributed by atoms with Crippen LogP contribution < -0.4 is 15.4 Å². The maximum Gasteiger partial charge on any atom is 0.411 e. The van der Waals surface area contributed by atoms with E-state index in [1.807, 2.05) is 36.4 Å². The normalized spacial score (nSPS) is 15.7. The zero-order chi connectivity index (χ0) is 40.0. The summed E-state index contributed by atoms with van der Waals surface area (Å²) < 4.78 is 27.2. The van der Waals surface area contributed by atoms with E-state index in [4.69, 9.17) is 20.5 Å². The Morgan fingerprint density at radius 1 is 0.927 bits per heavy atom. The predicted molar refractivity (Wildman–Crippen MR) is 232 cm³/mol. The van der Waals surface area contributed by atoms with Crippen LogP contribution in [0.25, 0.3) is 11.1 Å². The van der Waals surface area contributed by atoms with Crippen LogP contribution in [0.4, 0.5) is 16.2 Å². The van der Waals surface area contributed by atoms with E-state index in [-0.39, 0.29) is 33.5 Å². The number of likely N-dealkylation sites (tertiary alicyclic amines) is 1. The Hall–Kier alpha value is -3.00. The van der Waals surface area contributed by atoms with Gasteiger partial charge in [0.25, 0.3) is 0 Å². The summed E-state index contributed by atoms with van der Waals surface area (Å²) in [6.07, 6.45) is 15.2. The van der Waals surface area contributed by atoms with Gasteiger partial charge in [0.2, 0.25) is 0 Å². The van der Waals surface area contributed by atoms with Crippen molar-refractivity contribution < 1.29 is 28.1 Å². The third-order valence-corrected chi connectivity index (χ3v) is 14.8. The molecule has 3 aromatic carbocycles. The van der Waals surface area contributed by atoms with E-state index < -0.39 is 27.4 Å². The van der Waals surface area contributed by atoms with Gasteiger partial charge in [0.15, 0.2) is 0 Å². The Bertz CT molecular complexity index is 1700. The van der Waals surface area contributed by atoms with Crippen LogP contribution in [-0.4, -0.2) is 87.8 Å². The van der Waals surface area contributed by atoms with Gasteiger partial charge in [-0.25, -0.2) is 9.00 Å². The number of nitrogens with one attached hydrogen (secondary N) is 3. The first kappa shape index (κ1) is 44.7. The molecule has 0 aliphatic carbocycles. The molecule has 2 atom stereocenters. The highest BCUT2D eigenvalue weighted by molar-refractivity contribution is 8.29. The van der Waals surface area contributed by atoms with Gasteiger partial charge in [-0.15, -0.1) is 10.3 Å². The summed E-state index contributed by atoms with van der Waals surface area (Å²) in [6.45, 7) is 11.1. The van der Waals surface area contributed by atoms with E-state index in [0.29, 0.717) is 17.9 Å². The van der Waals surface area contributed by atoms with Crippen LogP contribution in [0.15, 0.2) is 60.7 Å². The molecule has 306 valence electrons. The van der Waals surface area contributed by atoms with Crippen LogP contribution in [0.5, 0.6) is 11.5 Å². The lowest BCUT2D eigenvalue weighted by Crippen LogP contribution is -2.38. The minimum atomic E-state index is -1.40. The second-order valence-corrected chi connectivity index (χ2v) is 21.1. The highest BCUT2D eigenvalue weighted by Gasteiger charge is 2.32. The quantitative estimate of drug-likeness (QED) is 0.0563.